The first-order chi connectivity index (χ1) is 19.2. The summed E-state index contributed by atoms with van der Waals surface area (Å²) in [6.07, 6.45) is 8.54. The zero-order chi connectivity index (χ0) is 27.9. The van der Waals surface area contributed by atoms with E-state index in [1.54, 1.807) is 16.2 Å². The zero-order valence-corrected chi connectivity index (χ0v) is 24.9. The third-order valence-electron chi connectivity index (χ3n) is 8.17. The predicted octanol–water partition coefficient (Wildman–Crippen LogP) is 7.39. The molecule has 1 saturated carbocycles. The summed E-state index contributed by atoms with van der Waals surface area (Å²) in [5, 5.41) is 2.15. The highest BCUT2D eigenvalue weighted by atomic mass is 32.1. The van der Waals surface area contributed by atoms with Gasteiger partial charge in [-0.2, -0.15) is 0 Å². The molecule has 1 aliphatic heterocycles. The molecule has 1 aliphatic carbocycles. The molecule has 1 amide bonds. The molecule has 40 heavy (non-hydrogen) atoms. The van der Waals surface area contributed by atoms with E-state index in [1.165, 1.54) is 46.4 Å². The number of aryl methyl sites for hydroxylation is 3. The van der Waals surface area contributed by atoms with Gasteiger partial charge in [-0.3, -0.25) is 0 Å². The molecule has 6 rings (SSSR count). The van der Waals surface area contributed by atoms with Crippen LogP contribution in [0.2, 0.25) is 0 Å². The summed E-state index contributed by atoms with van der Waals surface area (Å²) in [7, 11) is 2.15. The first kappa shape index (κ1) is 26.9. The lowest BCUT2D eigenvalue weighted by atomic mass is 9.83. The van der Waals surface area contributed by atoms with E-state index >= 15 is 0 Å². The van der Waals surface area contributed by atoms with Crippen molar-refractivity contribution >= 4 is 27.6 Å². The van der Waals surface area contributed by atoms with E-state index < -0.39 is 5.60 Å². The molecule has 1 saturated heterocycles. The number of carbonyl (C=O) groups is 1. The highest BCUT2D eigenvalue weighted by Crippen LogP contribution is 2.38. The van der Waals surface area contributed by atoms with Crippen LogP contribution in [0.15, 0.2) is 48.0 Å². The van der Waals surface area contributed by atoms with Crippen LogP contribution in [0.5, 0.6) is 5.75 Å². The van der Waals surface area contributed by atoms with Crippen molar-refractivity contribution in [2.45, 2.75) is 83.5 Å². The Bertz CT molecular complexity index is 1460. The maximum absolute atomic E-state index is 12.3. The van der Waals surface area contributed by atoms with Crippen LogP contribution in [0.1, 0.15) is 70.1 Å². The van der Waals surface area contributed by atoms with Gasteiger partial charge in [-0.1, -0.05) is 18.6 Å². The Hall–Kier alpha value is -3.26. The van der Waals surface area contributed by atoms with Crippen LogP contribution in [0, 0.1) is 0 Å². The quantitative estimate of drug-likeness (QED) is 0.236. The van der Waals surface area contributed by atoms with Gasteiger partial charge < -0.3 is 23.5 Å². The van der Waals surface area contributed by atoms with Gasteiger partial charge in [0.05, 0.1) is 21.6 Å². The summed E-state index contributed by atoms with van der Waals surface area (Å²) in [5.41, 5.74) is 4.51. The molecule has 0 N–H and O–H groups in total. The lowest BCUT2D eigenvalue weighted by Gasteiger charge is -2.33. The third kappa shape index (κ3) is 5.78. The molecule has 1 aromatic carbocycles. The van der Waals surface area contributed by atoms with Gasteiger partial charge in [-0.05, 0) is 75.2 Å². The van der Waals surface area contributed by atoms with Crippen molar-refractivity contribution < 1.29 is 14.3 Å². The minimum atomic E-state index is -0.470. The molecule has 0 atom stereocenters. The average Bonchev–Trinajstić information content (AvgIpc) is 3.58. The SMILES string of the molecule is Cn1c(-c2nc(C3CCC3)cn2CCc2ccc(OC3CCN(C(=O)OC(C)(C)C)CC3)cc2)cc2sccc21. The van der Waals surface area contributed by atoms with Crippen molar-refractivity contribution in [3.63, 3.8) is 0 Å². The normalized spacial score (nSPS) is 16.9. The number of hydrogen-bond acceptors (Lipinski definition) is 5. The molecule has 3 aromatic heterocycles. The minimum Gasteiger partial charge on any atom is -0.490 e. The fraction of sp³-hybridized carbons (Fsp3) is 0.500. The number of amides is 1. The van der Waals surface area contributed by atoms with Crippen LogP contribution in [0.4, 0.5) is 4.79 Å². The molecule has 4 heterocycles. The summed E-state index contributed by atoms with van der Waals surface area (Å²) in [4.78, 5) is 19.3. The fourth-order valence-electron chi connectivity index (χ4n) is 5.64. The molecule has 2 fully saturated rings. The molecule has 2 aliphatic rings. The van der Waals surface area contributed by atoms with Crippen LogP contribution >= 0.6 is 11.3 Å². The standard InChI is InChI=1S/C32H40N4O3S/c1-32(2,3)39-31(37)35-17-13-25(14-18-35)38-24-10-8-22(9-11-24)12-16-36-21-26(23-6-5-7-23)33-30(36)28-20-29-27(34(28)4)15-19-40-29/h8-11,15,19-21,23,25H,5-7,12-14,16-18H2,1-4H3. The largest absolute Gasteiger partial charge is 0.490 e. The van der Waals surface area contributed by atoms with Gasteiger partial charge >= 0.3 is 6.09 Å². The van der Waals surface area contributed by atoms with Gasteiger partial charge in [-0.25, -0.2) is 9.78 Å². The summed E-state index contributed by atoms with van der Waals surface area (Å²) in [6.45, 7) is 7.90. The molecule has 0 unspecified atom stereocenters. The lowest BCUT2D eigenvalue weighted by Crippen LogP contribution is -2.44. The van der Waals surface area contributed by atoms with E-state index in [0.717, 1.165) is 37.4 Å². The molecule has 212 valence electrons. The Morgan fingerprint density at radius 1 is 1.07 bits per heavy atom. The number of thiophene rings is 1. The Kier molecular flexibility index (Phi) is 7.38. The molecule has 8 heteroatoms. The van der Waals surface area contributed by atoms with E-state index in [1.807, 2.05) is 20.8 Å². The Balaban J connectivity index is 1.07. The number of nitrogens with zero attached hydrogens (tertiary/aromatic N) is 4. The van der Waals surface area contributed by atoms with Crippen molar-refractivity contribution in [2.75, 3.05) is 13.1 Å². The van der Waals surface area contributed by atoms with Gasteiger partial charge in [0.15, 0.2) is 5.82 Å². The second-order valence-electron chi connectivity index (χ2n) is 12.2. The van der Waals surface area contributed by atoms with E-state index in [9.17, 15) is 4.79 Å². The minimum absolute atomic E-state index is 0.114. The number of piperidine rings is 1. The van der Waals surface area contributed by atoms with Crippen LogP contribution < -0.4 is 4.74 Å². The topological polar surface area (TPSA) is 61.5 Å². The molecule has 4 aromatic rings. The number of likely N-dealkylation sites (tertiary alicyclic amines) is 1. The van der Waals surface area contributed by atoms with Crippen LogP contribution in [-0.4, -0.2) is 49.9 Å². The predicted molar refractivity (Wildman–Crippen MR) is 160 cm³/mol. The van der Waals surface area contributed by atoms with Crippen molar-refractivity contribution in [3.8, 4) is 17.3 Å². The second kappa shape index (κ2) is 11.0. The number of ether oxygens (including phenoxy) is 2. The number of aromatic nitrogens is 3. The summed E-state index contributed by atoms with van der Waals surface area (Å²) in [5.74, 6) is 2.57. The highest BCUT2D eigenvalue weighted by molar-refractivity contribution is 7.17. The van der Waals surface area contributed by atoms with Crippen LogP contribution in [-0.2, 0) is 24.8 Å². The first-order valence-corrected chi connectivity index (χ1v) is 15.5. The Labute approximate surface area is 240 Å². The van der Waals surface area contributed by atoms with E-state index in [0.29, 0.717) is 19.0 Å². The van der Waals surface area contributed by atoms with E-state index in [-0.39, 0.29) is 12.2 Å². The molecular formula is C32H40N4O3S. The number of fused-ring (bicyclic) bond motifs is 1. The van der Waals surface area contributed by atoms with Gasteiger partial charge in [0, 0.05) is 51.6 Å². The number of benzene rings is 1. The van der Waals surface area contributed by atoms with Crippen molar-refractivity contribution in [3.05, 3.63) is 59.2 Å². The van der Waals surface area contributed by atoms with Crippen LogP contribution in [0.3, 0.4) is 0 Å². The number of hydrogen-bond donors (Lipinski definition) is 0. The van der Waals surface area contributed by atoms with E-state index in [2.05, 4.69) is 64.2 Å². The lowest BCUT2D eigenvalue weighted by molar-refractivity contribution is 0.0126. The van der Waals surface area contributed by atoms with Gasteiger partial charge in [0.1, 0.15) is 17.5 Å². The average molecular weight is 561 g/mol. The maximum atomic E-state index is 12.3. The Morgan fingerprint density at radius 3 is 2.48 bits per heavy atom. The number of imidazole rings is 1. The van der Waals surface area contributed by atoms with Crippen molar-refractivity contribution in [1.82, 2.24) is 19.0 Å². The zero-order valence-electron chi connectivity index (χ0n) is 24.1. The van der Waals surface area contributed by atoms with E-state index in [4.69, 9.17) is 14.5 Å². The number of carbonyl (C=O) groups excluding carboxylic acids is 1. The Morgan fingerprint density at radius 2 is 1.82 bits per heavy atom. The summed E-state index contributed by atoms with van der Waals surface area (Å²) in [6, 6.07) is 13.0. The maximum Gasteiger partial charge on any atom is 0.410 e. The molecule has 0 radical (unpaired) electrons. The van der Waals surface area contributed by atoms with Crippen LogP contribution in [0.25, 0.3) is 21.7 Å². The smallest absolute Gasteiger partial charge is 0.410 e. The number of rotatable bonds is 7. The summed E-state index contributed by atoms with van der Waals surface area (Å²) < 4.78 is 17.7. The van der Waals surface area contributed by atoms with Gasteiger partial charge in [0.25, 0.3) is 0 Å². The molecule has 0 bridgehead atoms. The van der Waals surface area contributed by atoms with Gasteiger partial charge in [0.2, 0.25) is 0 Å². The molecule has 7 nitrogen and oxygen atoms in total. The highest BCUT2D eigenvalue weighted by Gasteiger charge is 2.28. The van der Waals surface area contributed by atoms with Crippen molar-refractivity contribution in [1.29, 1.82) is 0 Å². The first-order valence-electron chi connectivity index (χ1n) is 14.6. The monoisotopic (exact) mass is 560 g/mol. The van der Waals surface area contributed by atoms with Gasteiger partial charge in [-0.15, -0.1) is 11.3 Å². The van der Waals surface area contributed by atoms with Crippen molar-refractivity contribution in [2.24, 2.45) is 7.05 Å². The second-order valence-corrected chi connectivity index (χ2v) is 13.2. The summed E-state index contributed by atoms with van der Waals surface area (Å²) >= 11 is 1.79. The molecular weight excluding hydrogens is 520 g/mol. The third-order valence-corrected chi connectivity index (χ3v) is 9.03. The fourth-order valence-corrected chi connectivity index (χ4v) is 6.48. The molecule has 0 spiro atoms.